The van der Waals surface area contributed by atoms with E-state index in [1.54, 1.807) is 0 Å². The quantitative estimate of drug-likeness (QED) is 0.573. The summed E-state index contributed by atoms with van der Waals surface area (Å²) in [5.74, 6) is -1.03. The summed E-state index contributed by atoms with van der Waals surface area (Å²) in [6, 6.07) is -0.898. The van der Waals surface area contributed by atoms with Gasteiger partial charge in [0.2, 0.25) is 0 Å². The van der Waals surface area contributed by atoms with Gasteiger partial charge in [0.15, 0.2) is 0 Å². The molecule has 2 atom stereocenters. The number of carbonyl (C=O) groups is 1. The van der Waals surface area contributed by atoms with Crippen LogP contribution in [0.5, 0.6) is 0 Å². The Bertz CT molecular complexity index is 160. The van der Waals surface area contributed by atoms with Crippen molar-refractivity contribution in [2.45, 2.75) is 45.4 Å². The second-order valence-electron chi connectivity index (χ2n) is 3.95. The van der Waals surface area contributed by atoms with Gasteiger partial charge in [-0.25, -0.2) is 0 Å². The minimum absolute atomic E-state index is 0.306. The molecule has 72 valence electrons. The van der Waals surface area contributed by atoms with Crippen molar-refractivity contribution < 1.29 is 15.0 Å². The first-order valence-corrected chi connectivity index (χ1v) is 3.92. The standard InChI is InChI=1S/C8H17NO3/c1-5(10)6(7(11)12)9-8(2,3)4/h5-6,9-10H,1-4H3,(H,11,12)/t5-,6-/m0/s1. The molecule has 0 spiro atoms. The highest BCUT2D eigenvalue weighted by Gasteiger charge is 2.26. The molecular weight excluding hydrogens is 158 g/mol. The van der Waals surface area contributed by atoms with Gasteiger partial charge in [0.1, 0.15) is 6.04 Å². The molecule has 0 aromatic carbocycles. The SMILES string of the molecule is C[C@H](O)[C@H](NC(C)(C)C)C(=O)O. The second kappa shape index (κ2) is 3.87. The number of carboxylic acids is 1. The van der Waals surface area contributed by atoms with Crippen LogP contribution in [-0.4, -0.2) is 33.9 Å². The molecule has 0 aliphatic carbocycles. The topological polar surface area (TPSA) is 69.6 Å². The summed E-state index contributed by atoms with van der Waals surface area (Å²) in [4.78, 5) is 10.6. The fourth-order valence-corrected chi connectivity index (χ4v) is 0.855. The molecule has 0 radical (unpaired) electrons. The monoisotopic (exact) mass is 175 g/mol. The average molecular weight is 175 g/mol. The van der Waals surface area contributed by atoms with Gasteiger partial charge in [0.05, 0.1) is 6.10 Å². The van der Waals surface area contributed by atoms with E-state index >= 15 is 0 Å². The van der Waals surface area contributed by atoms with Crippen LogP contribution in [0.4, 0.5) is 0 Å². The van der Waals surface area contributed by atoms with Crippen LogP contribution in [0.15, 0.2) is 0 Å². The average Bonchev–Trinajstić information content (AvgIpc) is 1.79. The number of nitrogens with one attached hydrogen (secondary N) is 1. The third-order valence-electron chi connectivity index (χ3n) is 1.34. The van der Waals surface area contributed by atoms with Crippen molar-refractivity contribution in [3.63, 3.8) is 0 Å². The predicted molar refractivity (Wildman–Crippen MR) is 46.0 cm³/mol. The van der Waals surface area contributed by atoms with Crippen molar-refractivity contribution in [3.8, 4) is 0 Å². The first kappa shape index (κ1) is 11.4. The van der Waals surface area contributed by atoms with Crippen LogP contribution >= 0.6 is 0 Å². The van der Waals surface area contributed by atoms with Crippen molar-refractivity contribution >= 4 is 5.97 Å². The molecule has 0 amide bonds. The Kier molecular flexibility index (Phi) is 3.67. The normalized spacial score (nSPS) is 17.1. The molecule has 0 bridgehead atoms. The van der Waals surface area contributed by atoms with Gasteiger partial charge in [-0.2, -0.15) is 0 Å². The van der Waals surface area contributed by atoms with Crippen molar-refractivity contribution in [2.24, 2.45) is 0 Å². The predicted octanol–water partition coefficient (Wildman–Crippen LogP) is 0.208. The minimum Gasteiger partial charge on any atom is -0.480 e. The van der Waals surface area contributed by atoms with E-state index in [0.29, 0.717) is 0 Å². The molecule has 0 aromatic rings. The molecule has 4 nitrogen and oxygen atoms in total. The Labute approximate surface area is 72.6 Å². The van der Waals surface area contributed by atoms with Gasteiger partial charge in [-0.1, -0.05) is 0 Å². The molecular formula is C8H17NO3. The van der Waals surface area contributed by atoms with Crippen molar-refractivity contribution in [1.82, 2.24) is 5.32 Å². The zero-order chi connectivity index (χ0) is 9.94. The largest absolute Gasteiger partial charge is 0.480 e. The highest BCUT2D eigenvalue weighted by Crippen LogP contribution is 2.04. The van der Waals surface area contributed by atoms with E-state index in [1.807, 2.05) is 20.8 Å². The lowest BCUT2D eigenvalue weighted by Gasteiger charge is -2.27. The van der Waals surface area contributed by atoms with Crippen LogP contribution in [0.25, 0.3) is 0 Å². The maximum atomic E-state index is 10.6. The zero-order valence-corrected chi connectivity index (χ0v) is 7.96. The molecule has 0 aliphatic heterocycles. The van der Waals surface area contributed by atoms with E-state index in [4.69, 9.17) is 10.2 Å². The number of carboxylic acid groups (broad SMARTS) is 1. The summed E-state index contributed by atoms with van der Waals surface area (Å²) >= 11 is 0. The number of aliphatic carboxylic acids is 1. The van der Waals surface area contributed by atoms with Gasteiger partial charge >= 0.3 is 5.97 Å². The highest BCUT2D eigenvalue weighted by molar-refractivity contribution is 5.74. The van der Waals surface area contributed by atoms with E-state index < -0.39 is 18.1 Å². The zero-order valence-electron chi connectivity index (χ0n) is 7.96. The molecule has 0 saturated carbocycles. The van der Waals surface area contributed by atoms with Crippen molar-refractivity contribution in [1.29, 1.82) is 0 Å². The smallest absolute Gasteiger partial charge is 0.323 e. The van der Waals surface area contributed by atoms with Crippen LogP contribution < -0.4 is 5.32 Å². The summed E-state index contributed by atoms with van der Waals surface area (Å²) in [5.41, 5.74) is -0.306. The van der Waals surface area contributed by atoms with Gasteiger partial charge in [0.25, 0.3) is 0 Å². The van der Waals surface area contributed by atoms with Crippen molar-refractivity contribution in [2.75, 3.05) is 0 Å². The summed E-state index contributed by atoms with van der Waals surface area (Å²) in [7, 11) is 0. The van der Waals surface area contributed by atoms with Crippen molar-refractivity contribution in [3.05, 3.63) is 0 Å². The van der Waals surface area contributed by atoms with Gasteiger partial charge < -0.3 is 10.2 Å². The molecule has 4 heteroatoms. The third-order valence-corrected chi connectivity index (χ3v) is 1.34. The Balaban J connectivity index is 4.25. The maximum Gasteiger partial charge on any atom is 0.323 e. The van der Waals surface area contributed by atoms with E-state index in [1.165, 1.54) is 6.92 Å². The van der Waals surface area contributed by atoms with Crippen LogP contribution in [0.2, 0.25) is 0 Å². The van der Waals surface area contributed by atoms with Gasteiger partial charge in [0, 0.05) is 5.54 Å². The lowest BCUT2D eigenvalue weighted by atomic mass is 10.0. The number of hydrogen-bond acceptors (Lipinski definition) is 3. The molecule has 0 saturated heterocycles. The van der Waals surface area contributed by atoms with Gasteiger partial charge in [-0.15, -0.1) is 0 Å². The minimum atomic E-state index is -1.03. The molecule has 0 heterocycles. The van der Waals surface area contributed by atoms with E-state index in [0.717, 1.165) is 0 Å². The maximum absolute atomic E-state index is 10.6. The Morgan fingerprint density at radius 1 is 1.42 bits per heavy atom. The molecule has 0 aromatic heterocycles. The van der Waals surface area contributed by atoms with E-state index in [9.17, 15) is 4.79 Å². The van der Waals surface area contributed by atoms with Crippen LogP contribution in [-0.2, 0) is 4.79 Å². The van der Waals surface area contributed by atoms with Crippen LogP contribution in [0.1, 0.15) is 27.7 Å². The van der Waals surface area contributed by atoms with Crippen LogP contribution in [0, 0.1) is 0 Å². The Morgan fingerprint density at radius 2 is 1.83 bits per heavy atom. The lowest BCUT2D eigenvalue weighted by molar-refractivity contribution is -0.142. The first-order chi connectivity index (χ1) is 5.24. The lowest BCUT2D eigenvalue weighted by Crippen LogP contribution is -2.52. The number of aliphatic hydroxyl groups excluding tert-OH is 1. The molecule has 0 rings (SSSR count). The Morgan fingerprint density at radius 3 is 1.92 bits per heavy atom. The van der Waals surface area contributed by atoms with Crippen LogP contribution in [0.3, 0.4) is 0 Å². The summed E-state index contributed by atoms with van der Waals surface area (Å²) in [6.45, 7) is 7.01. The molecule has 3 N–H and O–H groups in total. The number of rotatable bonds is 3. The van der Waals surface area contributed by atoms with E-state index in [-0.39, 0.29) is 5.54 Å². The number of hydrogen-bond donors (Lipinski definition) is 3. The second-order valence-corrected chi connectivity index (χ2v) is 3.95. The third kappa shape index (κ3) is 4.31. The summed E-state index contributed by atoms with van der Waals surface area (Å²) in [5, 5.41) is 20.6. The summed E-state index contributed by atoms with van der Waals surface area (Å²) < 4.78 is 0. The van der Waals surface area contributed by atoms with E-state index in [2.05, 4.69) is 5.32 Å². The Hall–Kier alpha value is -0.610. The van der Waals surface area contributed by atoms with Gasteiger partial charge in [-0.05, 0) is 27.7 Å². The molecule has 0 aliphatic rings. The molecule has 0 unspecified atom stereocenters. The summed E-state index contributed by atoms with van der Waals surface area (Å²) in [6.07, 6.45) is -0.887. The fourth-order valence-electron chi connectivity index (χ4n) is 0.855. The molecule has 0 fully saturated rings. The number of aliphatic hydroxyl groups is 1. The first-order valence-electron chi connectivity index (χ1n) is 3.92. The van der Waals surface area contributed by atoms with Gasteiger partial charge in [-0.3, -0.25) is 10.1 Å². The highest BCUT2D eigenvalue weighted by atomic mass is 16.4. The molecule has 12 heavy (non-hydrogen) atoms. The fraction of sp³-hybridized carbons (Fsp3) is 0.875.